The average molecular weight is 556 g/mol. The first-order valence-electron chi connectivity index (χ1n) is 11.9. The van der Waals surface area contributed by atoms with E-state index in [2.05, 4.69) is 21.3 Å². The predicted molar refractivity (Wildman–Crippen MR) is 141 cm³/mol. The van der Waals surface area contributed by atoms with Gasteiger partial charge in [-0.15, -0.1) is 0 Å². The second kappa shape index (κ2) is 16.6. The van der Waals surface area contributed by atoms with Crippen molar-refractivity contribution in [2.45, 2.75) is 63.0 Å². The zero-order chi connectivity index (χ0) is 28.8. The molecule has 0 spiro atoms. The molecule has 0 radical (unpaired) electrons. The Hall–Kier alpha value is -3.20. The van der Waals surface area contributed by atoms with Crippen molar-refractivity contribution in [1.29, 1.82) is 0 Å². The van der Waals surface area contributed by atoms with Crippen LogP contribution >= 0.6 is 11.8 Å². The van der Waals surface area contributed by atoms with Crippen LogP contribution in [0.2, 0.25) is 0 Å². The highest BCUT2D eigenvalue weighted by Gasteiger charge is 2.32. The Morgan fingerprint density at radius 1 is 0.895 bits per heavy atom. The molecule has 0 heterocycles. The maximum absolute atomic E-state index is 13.0. The normalized spacial score (nSPS) is 15.6. The van der Waals surface area contributed by atoms with Gasteiger partial charge in [-0.2, -0.15) is 11.8 Å². The molecule has 0 aliphatic rings. The van der Waals surface area contributed by atoms with Gasteiger partial charge >= 0.3 is 5.97 Å². The third kappa shape index (κ3) is 11.0. The lowest BCUT2D eigenvalue weighted by molar-refractivity contribution is -0.142. The summed E-state index contributed by atoms with van der Waals surface area (Å²) in [5.74, 6) is -4.13. The van der Waals surface area contributed by atoms with E-state index in [0.29, 0.717) is 5.75 Å². The summed E-state index contributed by atoms with van der Waals surface area (Å²) < 4.78 is 0. The molecule has 1 aromatic carbocycles. The first-order chi connectivity index (χ1) is 17.9. The van der Waals surface area contributed by atoms with Crippen molar-refractivity contribution in [2.24, 2.45) is 5.73 Å². The number of aliphatic hydroxyl groups excluding tert-OH is 2. The number of thioether (sulfide) groups is 1. The molecule has 0 saturated carbocycles. The Labute approximate surface area is 225 Å². The van der Waals surface area contributed by atoms with E-state index < -0.39 is 72.5 Å². The van der Waals surface area contributed by atoms with Gasteiger partial charge in [0.05, 0.1) is 18.8 Å². The zero-order valence-corrected chi connectivity index (χ0v) is 22.4. The molecular formula is C24H37N5O8S. The number of aliphatic carboxylic acids is 1. The topological polar surface area (TPSA) is 220 Å². The minimum absolute atomic E-state index is 0.211. The highest BCUT2D eigenvalue weighted by molar-refractivity contribution is 7.98. The van der Waals surface area contributed by atoms with Crippen molar-refractivity contribution in [3.8, 4) is 0 Å². The second-order valence-corrected chi connectivity index (χ2v) is 9.66. The van der Waals surface area contributed by atoms with Gasteiger partial charge in [-0.3, -0.25) is 24.0 Å². The third-order valence-electron chi connectivity index (χ3n) is 5.49. The van der Waals surface area contributed by atoms with Gasteiger partial charge in [0, 0.05) is 0 Å². The molecule has 0 unspecified atom stereocenters. The molecule has 0 aliphatic carbocycles. The smallest absolute Gasteiger partial charge is 0.325 e. The largest absolute Gasteiger partial charge is 0.480 e. The fourth-order valence-electron chi connectivity index (χ4n) is 3.23. The molecule has 0 fully saturated rings. The van der Waals surface area contributed by atoms with Gasteiger partial charge in [0.1, 0.15) is 24.2 Å². The number of carbonyl (C=O) groups is 5. The lowest BCUT2D eigenvalue weighted by Gasteiger charge is -2.26. The minimum atomic E-state index is -1.56. The lowest BCUT2D eigenvalue weighted by atomic mass is 10.1. The average Bonchev–Trinajstić information content (AvgIpc) is 2.87. The number of benzene rings is 1. The monoisotopic (exact) mass is 555 g/mol. The number of rotatable bonds is 16. The van der Waals surface area contributed by atoms with E-state index in [9.17, 15) is 34.2 Å². The van der Waals surface area contributed by atoms with Crippen LogP contribution < -0.4 is 27.0 Å². The molecule has 9 N–H and O–H groups in total. The maximum Gasteiger partial charge on any atom is 0.325 e. The van der Waals surface area contributed by atoms with Crippen molar-refractivity contribution < 1.29 is 39.3 Å². The number of nitrogens with one attached hydrogen (secondary N) is 4. The van der Waals surface area contributed by atoms with E-state index in [1.165, 1.54) is 25.6 Å². The van der Waals surface area contributed by atoms with Crippen LogP contribution in [-0.4, -0.2) is 99.8 Å². The summed E-state index contributed by atoms with van der Waals surface area (Å²) in [6.45, 7) is 1.55. The van der Waals surface area contributed by atoms with Crippen LogP contribution in [-0.2, 0) is 30.4 Å². The Balaban J connectivity index is 2.88. The molecule has 0 saturated heterocycles. The standard InChI is InChI=1S/C24H37N5O8S/c1-13(24(36)37)26-23(35)19(14(2)31)29-22(34)18(12-30)28-21(33)17(9-10-38-3)27-20(32)16(25)11-15-7-5-4-6-8-15/h4-8,13-14,16-19,30-31H,9-12,25H2,1-3H3,(H,26,35)(H,27,32)(H,28,33)(H,29,34)(H,36,37)/t13-,14+,16-,17-,18-,19-/m0/s1. The molecule has 38 heavy (non-hydrogen) atoms. The van der Waals surface area contributed by atoms with Gasteiger partial charge in [-0.05, 0) is 44.3 Å². The van der Waals surface area contributed by atoms with Crippen molar-refractivity contribution in [1.82, 2.24) is 21.3 Å². The summed E-state index contributed by atoms with van der Waals surface area (Å²) in [6.07, 6.45) is 0.847. The second-order valence-electron chi connectivity index (χ2n) is 8.68. The Morgan fingerprint density at radius 2 is 1.47 bits per heavy atom. The number of carbonyl (C=O) groups excluding carboxylic acids is 4. The molecule has 0 aromatic heterocycles. The Bertz CT molecular complexity index is 949. The number of carboxylic acids is 1. The van der Waals surface area contributed by atoms with Crippen molar-refractivity contribution >= 4 is 41.4 Å². The summed E-state index contributed by atoms with van der Waals surface area (Å²) in [5, 5.41) is 37.9. The minimum Gasteiger partial charge on any atom is -0.480 e. The van der Waals surface area contributed by atoms with Crippen molar-refractivity contribution in [2.75, 3.05) is 18.6 Å². The summed E-state index contributed by atoms with van der Waals surface area (Å²) >= 11 is 1.43. The van der Waals surface area contributed by atoms with Gasteiger partial charge in [0.15, 0.2) is 0 Å². The van der Waals surface area contributed by atoms with E-state index in [-0.39, 0.29) is 12.8 Å². The van der Waals surface area contributed by atoms with E-state index in [1.807, 2.05) is 36.6 Å². The van der Waals surface area contributed by atoms with Crippen LogP contribution in [0.25, 0.3) is 0 Å². The quantitative estimate of drug-likeness (QED) is 0.109. The molecule has 0 aliphatic heterocycles. The zero-order valence-electron chi connectivity index (χ0n) is 21.5. The summed E-state index contributed by atoms with van der Waals surface area (Å²) in [5.41, 5.74) is 6.85. The van der Waals surface area contributed by atoms with Gasteiger partial charge in [0.2, 0.25) is 23.6 Å². The molecule has 6 atom stereocenters. The molecule has 1 aromatic rings. The SMILES string of the molecule is CSCC[C@H](NC(=O)[C@@H](N)Cc1ccccc1)C(=O)N[C@@H](CO)C(=O)N[C@H](C(=O)N[C@@H](C)C(=O)O)[C@@H](C)O. The number of amides is 4. The summed E-state index contributed by atoms with van der Waals surface area (Å²) in [6, 6.07) is 2.72. The highest BCUT2D eigenvalue weighted by Crippen LogP contribution is 2.06. The van der Waals surface area contributed by atoms with Gasteiger partial charge in [-0.25, -0.2) is 0 Å². The summed E-state index contributed by atoms with van der Waals surface area (Å²) in [4.78, 5) is 61.7. The molecule has 0 bridgehead atoms. The fraction of sp³-hybridized carbons (Fsp3) is 0.542. The number of hydrogen-bond acceptors (Lipinski definition) is 9. The fourth-order valence-corrected chi connectivity index (χ4v) is 3.71. The molecule has 13 nitrogen and oxygen atoms in total. The molecule has 4 amide bonds. The van der Waals surface area contributed by atoms with E-state index >= 15 is 0 Å². The number of hydrogen-bond donors (Lipinski definition) is 8. The van der Waals surface area contributed by atoms with Gasteiger partial charge in [-0.1, -0.05) is 30.3 Å². The van der Waals surface area contributed by atoms with Crippen LogP contribution in [0.15, 0.2) is 30.3 Å². The molecule has 14 heteroatoms. The molecule has 1 rings (SSSR count). The van der Waals surface area contributed by atoms with E-state index in [1.54, 1.807) is 0 Å². The van der Waals surface area contributed by atoms with Gasteiger partial charge in [0.25, 0.3) is 0 Å². The van der Waals surface area contributed by atoms with E-state index in [0.717, 1.165) is 5.56 Å². The van der Waals surface area contributed by atoms with Crippen LogP contribution in [0.4, 0.5) is 0 Å². The Morgan fingerprint density at radius 3 is 2.00 bits per heavy atom. The van der Waals surface area contributed by atoms with Gasteiger partial charge < -0.3 is 42.3 Å². The van der Waals surface area contributed by atoms with E-state index in [4.69, 9.17) is 10.8 Å². The lowest BCUT2D eigenvalue weighted by Crippen LogP contribution is -2.61. The molecular weight excluding hydrogens is 518 g/mol. The Kier molecular flexibility index (Phi) is 14.3. The van der Waals surface area contributed by atoms with Crippen LogP contribution in [0.5, 0.6) is 0 Å². The van der Waals surface area contributed by atoms with Crippen molar-refractivity contribution in [3.05, 3.63) is 35.9 Å². The highest BCUT2D eigenvalue weighted by atomic mass is 32.2. The van der Waals surface area contributed by atoms with Crippen LogP contribution in [0, 0.1) is 0 Å². The number of carboxylic acid groups (broad SMARTS) is 1. The first-order valence-corrected chi connectivity index (χ1v) is 13.3. The first kappa shape index (κ1) is 32.8. The predicted octanol–water partition coefficient (Wildman–Crippen LogP) is -2.27. The number of aliphatic hydroxyl groups is 2. The maximum atomic E-state index is 13.0. The van der Waals surface area contributed by atoms with Crippen LogP contribution in [0.1, 0.15) is 25.8 Å². The summed E-state index contributed by atoms with van der Waals surface area (Å²) in [7, 11) is 0. The molecule has 212 valence electrons. The van der Waals surface area contributed by atoms with Crippen molar-refractivity contribution in [3.63, 3.8) is 0 Å². The van der Waals surface area contributed by atoms with Crippen LogP contribution in [0.3, 0.4) is 0 Å². The number of nitrogens with two attached hydrogens (primary N) is 1. The third-order valence-corrected chi connectivity index (χ3v) is 6.13.